The molecule has 2 nitrogen and oxygen atoms in total. The lowest BCUT2D eigenvalue weighted by Gasteiger charge is -2.06. The SMILES string of the molecule is NCC1CC1COc1cc(F)ccc1F. The molecule has 82 valence electrons. The van der Waals surface area contributed by atoms with Crippen LogP contribution in [-0.2, 0) is 0 Å². The summed E-state index contributed by atoms with van der Waals surface area (Å²) in [5.41, 5.74) is 5.46. The largest absolute Gasteiger partial charge is 0.490 e. The molecule has 1 aromatic rings. The van der Waals surface area contributed by atoms with E-state index in [1.807, 2.05) is 0 Å². The maximum Gasteiger partial charge on any atom is 0.165 e. The molecule has 1 aliphatic carbocycles. The van der Waals surface area contributed by atoms with Crippen LogP contribution in [0.15, 0.2) is 18.2 Å². The van der Waals surface area contributed by atoms with Crippen LogP contribution in [-0.4, -0.2) is 13.2 Å². The van der Waals surface area contributed by atoms with E-state index in [1.165, 1.54) is 0 Å². The van der Waals surface area contributed by atoms with E-state index >= 15 is 0 Å². The molecule has 0 saturated heterocycles. The molecule has 1 saturated carbocycles. The highest BCUT2D eigenvalue weighted by molar-refractivity contribution is 5.24. The summed E-state index contributed by atoms with van der Waals surface area (Å²) in [4.78, 5) is 0. The van der Waals surface area contributed by atoms with Crippen LogP contribution in [0.4, 0.5) is 8.78 Å². The van der Waals surface area contributed by atoms with Gasteiger partial charge < -0.3 is 10.5 Å². The number of ether oxygens (including phenoxy) is 1. The summed E-state index contributed by atoms with van der Waals surface area (Å²) in [5.74, 6) is -0.143. The van der Waals surface area contributed by atoms with E-state index in [1.54, 1.807) is 0 Å². The molecular weight excluding hydrogens is 200 g/mol. The molecular formula is C11H13F2NO. The Morgan fingerprint density at radius 3 is 2.80 bits per heavy atom. The molecule has 0 heterocycles. The van der Waals surface area contributed by atoms with E-state index in [4.69, 9.17) is 10.5 Å². The minimum Gasteiger partial charge on any atom is -0.490 e. The molecule has 0 spiro atoms. The first-order valence-corrected chi connectivity index (χ1v) is 4.98. The summed E-state index contributed by atoms with van der Waals surface area (Å²) >= 11 is 0. The zero-order valence-electron chi connectivity index (χ0n) is 8.25. The van der Waals surface area contributed by atoms with Crippen LogP contribution in [0.1, 0.15) is 6.42 Å². The quantitative estimate of drug-likeness (QED) is 0.829. The van der Waals surface area contributed by atoms with Gasteiger partial charge in [-0.15, -0.1) is 0 Å². The molecule has 2 unspecified atom stereocenters. The Balaban J connectivity index is 1.91. The lowest BCUT2D eigenvalue weighted by Crippen LogP contribution is -2.08. The molecule has 1 aromatic carbocycles. The van der Waals surface area contributed by atoms with Crippen LogP contribution in [0.3, 0.4) is 0 Å². The van der Waals surface area contributed by atoms with Crippen molar-refractivity contribution < 1.29 is 13.5 Å². The number of halogens is 2. The van der Waals surface area contributed by atoms with Gasteiger partial charge in [0.15, 0.2) is 11.6 Å². The Morgan fingerprint density at radius 2 is 2.13 bits per heavy atom. The van der Waals surface area contributed by atoms with Gasteiger partial charge in [-0.3, -0.25) is 0 Å². The molecule has 4 heteroatoms. The lowest BCUT2D eigenvalue weighted by atomic mass is 10.3. The Bertz CT molecular complexity index is 356. The van der Waals surface area contributed by atoms with Crippen LogP contribution in [0.25, 0.3) is 0 Å². The molecule has 2 rings (SSSR count). The Morgan fingerprint density at radius 1 is 1.33 bits per heavy atom. The Labute approximate surface area is 87.0 Å². The van der Waals surface area contributed by atoms with Crippen molar-refractivity contribution >= 4 is 0 Å². The lowest BCUT2D eigenvalue weighted by molar-refractivity contribution is 0.277. The van der Waals surface area contributed by atoms with Gasteiger partial charge in [-0.05, 0) is 36.9 Å². The van der Waals surface area contributed by atoms with E-state index in [-0.39, 0.29) is 5.75 Å². The summed E-state index contributed by atoms with van der Waals surface area (Å²) in [6.45, 7) is 1.06. The number of nitrogens with two attached hydrogens (primary N) is 1. The van der Waals surface area contributed by atoms with Crippen LogP contribution >= 0.6 is 0 Å². The molecule has 2 N–H and O–H groups in total. The van der Waals surface area contributed by atoms with E-state index in [2.05, 4.69) is 0 Å². The zero-order chi connectivity index (χ0) is 10.8. The fourth-order valence-electron chi connectivity index (χ4n) is 1.59. The standard InChI is InChI=1S/C11H13F2NO/c12-9-1-2-10(13)11(4-9)15-6-8-3-7(8)5-14/h1-2,4,7-8H,3,5-6,14H2. The third kappa shape index (κ3) is 2.45. The maximum absolute atomic E-state index is 13.1. The number of benzene rings is 1. The number of hydrogen-bond donors (Lipinski definition) is 1. The normalized spacial score (nSPS) is 23.9. The fraction of sp³-hybridized carbons (Fsp3) is 0.455. The van der Waals surface area contributed by atoms with Crippen molar-refractivity contribution in [1.29, 1.82) is 0 Å². The van der Waals surface area contributed by atoms with Crippen molar-refractivity contribution in [2.24, 2.45) is 17.6 Å². The number of hydrogen-bond acceptors (Lipinski definition) is 2. The van der Waals surface area contributed by atoms with Crippen LogP contribution in [0.5, 0.6) is 5.75 Å². The molecule has 0 bridgehead atoms. The summed E-state index contributed by atoms with van der Waals surface area (Å²) in [7, 11) is 0. The molecule has 0 radical (unpaired) electrons. The van der Waals surface area contributed by atoms with Crippen LogP contribution in [0, 0.1) is 23.5 Å². The van der Waals surface area contributed by atoms with Gasteiger partial charge in [0.1, 0.15) is 5.82 Å². The van der Waals surface area contributed by atoms with Gasteiger partial charge >= 0.3 is 0 Å². The third-order valence-electron chi connectivity index (χ3n) is 2.72. The van der Waals surface area contributed by atoms with Gasteiger partial charge in [0, 0.05) is 6.07 Å². The molecule has 2 atom stereocenters. The van der Waals surface area contributed by atoms with E-state index in [0.29, 0.717) is 25.0 Å². The van der Waals surface area contributed by atoms with Crippen molar-refractivity contribution in [2.75, 3.05) is 13.2 Å². The van der Waals surface area contributed by atoms with Crippen molar-refractivity contribution in [3.05, 3.63) is 29.8 Å². The summed E-state index contributed by atoms with van der Waals surface area (Å²) in [6.07, 6.45) is 1.02. The molecule has 15 heavy (non-hydrogen) atoms. The highest BCUT2D eigenvalue weighted by Crippen LogP contribution is 2.37. The fourth-order valence-corrected chi connectivity index (χ4v) is 1.59. The highest BCUT2D eigenvalue weighted by atomic mass is 19.1. The zero-order valence-corrected chi connectivity index (χ0v) is 8.25. The average molecular weight is 213 g/mol. The summed E-state index contributed by atoms with van der Waals surface area (Å²) < 4.78 is 31.1. The third-order valence-corrected chi connectivity index (χ3v) is 2.72. The second-order valence-electron chi connectivity index (χ2n) is 3.88. The highest BCUT2D eigenvalue weighted by Gasteiger charge is 2.36. The van der Waals surface area contributed by atoms with Gasteiger partial charge in [0.25, 0.3) is 0 Å². The molecule has 0 amide bonds. The monoisotopic (exact) mass is 213 g/mol. The average Bonchev–Trinajstić information content (AvgIpc) is 2.98. The van der Waals surface area contributed by atoms with E-state index in [9.17, 15) is 8.78 Å². The summed E-state index contributed by atoms with van der Waals surface area (Å²) in [6, 6.07) is 3.20. The first-order valence-electron chi connectivity index (χ1n) is 4.98. The van der Waals surface area contributed by atoms with Gasteiger partial charge in [0.05, 0.1) is 6.61 Å². The van der Waals surface area contributed by atoms with Gasteiger partial charge in [-0.1, -0.05) is 0 Å². The molecule has 1 aliphatic rings. The van der Waals surface area contributed by atoms with Crippen LogP contribution < -0.4 is 10.5 Å². The smallest absolute Gasteiger partial charge is 0.165 e. The summed E-state index contributed by atoms with van der Waals surface area (Å²) in [5, 5.41) is 0. The molecule has 0 aliphatic heterocycles. The maximum atomic E-state index is 13.1. The van der Waals surface area contributed by atoms with Crippen molar-refractivity contribution in [2.45, 2.75) is 6.42 Å². The second kappa shape index (κ2) is 4.14. The van der Waals surface area contributed by atoms with Crippen molar-refractivity contribution in [3.8, 4) is 5.75 Å². The Kier molecular flexibility index (Phi) is 2.86. The number of rotatable bonds is 4. The topological polar surface area (TPSA) is 35.2 Å². The minimum atomic E-state index is -0.527. The first-order chi connectivity index (χ1) is 7.20. The predicted molar refractivity (Wildman–Crippen MR) is 52.5 cm³/mol. The minimum absolute atomic E-state index is 0.0160. The van der Waals surface area contributed by atoms with Crippen molar-refractivity contribution in [3.63, 3.8) is 0 Å². The Hall–Kier alpha value is -1.16. The van der Waals surface area contributed by atoms with E-state index < -0.39 is 11.6 Å². The second-order valence-corrected chi connectivity index (χ2v) is 3.88. The van der Waals surface area contributed by atoms with Crippen molar-refractivity contribution in [1.82, 2.24) is 0 Å². The molecule has 0 aromatic heterocycles. The van der Waals surface area contributed by atoms with E-state index in [0.717, 1.165) is 24.6 Å². The van der Waals surface area contributed by atoms with Gasteiger partial charge in [-0.2, -0.15) is 0 Å². The molecule has 1 fully saturated rings. The first kappa shape index (κ1) is 10.4. The predicted octanol–water partition coefficient (Wildman–Crippen LogP) is 1.94. The van der Waals surface area contributed by atoms with Gasteiger partial charge in [0.2, 0.25) is 0 Å². The van der Waals surface area contributed by atoms with Gasteiger partial charge in [-0.25, -0.2) is 8.78 Å². The van der Waals surface area contributed by atoms with Crippen LogP contribution in [0.2, 0.25) is 0 Å².